The van der Waals surface area contributed by atoms with Crippen molar-refractivity contribution in [3.8, 4) is 11.5 Å². The van der Waals surface area contributed by atoms with Gasteiger partial charge in [-0.15, -0.1) is 0 Å². The van der Waals surface area contributed by atoms with Crippen molar-refractivity contribution in [2.24, 2.45) is 0 Å². The Morgan fingerprint density at radius 1 is 1.06 bits per heavy atom. The van der Waals surface area contributed by atoms with Gasteiger partial charge in [-0.2, -0.15) is 0 Å². The van der Waals surface area contributed by atoms with Crippen LogP contribution in [0.25, 0.3) is 0 Å². The van der Waals surface area contributed by atoms with E-state index in [0.29, 0.717) is 17.1 Å². The third-order valence-corrected chi connectivity index (χ3v) is 2.72. The van der Waals surface area contributed by atoms with Crippen LogP contribution in [-0.4, -0.2) is 5.21 Å². The summed E-state index contributed by atoms with van der Waals surface area (Å²) in [6, 6.07) is 12.5. The molecule has 17 heavy (non-hydrogen) atoms. The molecule has 0 radical (unpaired) electrons. The van der Waals surface area contributed by atoms with E-state index in [1.807, 2.05) is 29.7 Å². The number of rotatable bonds is 3. The van der Waals surface area contributed by atoms with Crippen molar-refractivity contribution in [2.45, 2.75) is 0 Å². The molecule has 0 aliphatic heterocycles. The Kier molecular flexibility index (Phi) is 3.51. The SMILES string of the molecule is Nc1cc(Oc2ccc(Br)cc2)ccc1NO. The van der Waals surface area contributed by atoms with E-state index in [4.69, 9.17) is 15.7 Å². The molecule has 0 unspecified atom stereocenters. The first-order valence-corrected chi connectivity index (χ1v) is 5.71. The fourth-order valence-corrected chi connectivity index (χ4v) is 1.61. The van der Waals surface area contributed by atoms with Crippen LogP contribution in [0, 0.1) is 0 Å². The molecule has 2 aromatic rings. The second-order valence-electron chi connectivity index (χ2n) is 3.42. The van der Waals surface area contributed by atoms with Gasteiger partial charge in [0, 0.05) is 10.5 Å². The Balaban J connectivity index is 2.19. The molecule has 0 bridgehead atoms. The summed E-state index contributed by atoms with van der Waals surface area (Å²) in [5.74, 6) is 1.33. The summed E-state index contributed by atoms with van der Waals surface area (Å²) in [6.07, 6.45) is 0. The lowest BCUT2D eigenvalue weighted by Gasteiger charge is -2.08. The van der Waals surface area contributed by atoms with Gasteiger partial charge in [0.2, 0.25) is 0 Å². The highest BCUT2D eigenvalue weighted by atomic mass is 79.9. The Hall–Kier alpha value is -1.72. The van der Waals surface area contributed by atoms with Crippen molar-refractivity contribution in [1.82, 2.24) is 0 Å². The van der Waals surface area contributed by atoms with Gasteiger partial charge in [0.1, 0.15) is 11.5 Å². The van der Waals surface area contributed by atoms with Crippen LogP contribution in [0.15, 0.2) is 46.9 Å². The number of nitrogen functional groups attached to an aromatic ring is 1. The molecule has 88 valence electrons. The number of nitrogens with two attached hydrogens (primary N) is 1. The zero-order chi connectivity index (χ0) is 12.3. The minimum absolute atomic E-state index is 0.419. The van der Waals surface area contributed by atoms with Gasteiger partial charge in [-0.1, -0.05) is 15.9 Å². The molecular formula is C12H11BrN2O2. The predicted octanol–water partition coefficient (Wildman–Crippen LogP) is 3.62. The molecule has 2 aromatic carbocycles. The summed E-state index contributed by atoms with van der Waals surface area (Å²) in [6.45, 7) is 0. The van der Waals surface area contributed by atoms with Crippen LogP contribution in [0.5, 0.6) is 11.5 Å². The molecule has 0 saturated carbocycles. The molecule has 0 spiro atoms. The topological polar surface area (TPSA) is 67.5 Å². The van der Waals surface area contributed by atoms with E-state index in [1.54, 1.807) is 18.2 Å². The molecule has 0 heterocycles. The van der Waals surface area contributed by atoms with Crippen molar-refractivity contribution in [1.29, 1.82) is 0 Å². The lowest BCUT2D eigenvalue weighted by molar-refractivity contribution is 0.389. The normalized spacial score (nSPS) is 10.0. The summed E-state index contributed by atoms with van der Waals surface area (Å²) in [7, 11) is 0. The van der Waals surface area contributed by atoms with Gasteiger partial charge in [-0.3, -0.25) is 10.7 Å². The number of ether oxygens (including phenoxy) is 1. The second-order valence-corrected chi connectivity index (χ2v) is 4.33. The molecule has 0 fully saturated rings. The highest BCUT2D eigenvalue weighted by Crippen LogP contribution is 2.28. The van der Waals surface area contributed by atoms with E-state index in [-0.39, 0.29) is 0 Å². The van der Waals surface area contributed by atoms with Crippen LogP contribution in [0.2, 0.25) is 0 Å². The standard InChI is InChI=1S/C12H11BrN2O2/c13-8-1-3-9(4-2-8)17-10-5-6-12(15-16)11(14)7-10/h1-7,15-16H,14H2. The van der Waals surface area contributed by atoms with Crippen LogP contribution in [-0.2, 0) is 0 Å². The number of benzene rings is 2. The largest absolute Gasteiger partial charge is 0.457 e. The molecule has 0 amide bonds. The third-order valence-electron chi connectivity index (χ3n) is 2.19. The Morgan fingerprint density at radius 2 is 1.71 bits per heavy atom. The quantitative estimate of drug-likeness (QED) is 0.597. The number of hydrogen-bond acceptors (Lipinski definition) is 4. The fraction of sp³-hybridized carbons (Fsp3) is 0. The van der Waals surface area contributed by atoms with Crippen molar-refractivity contribution >= 4 is 27.3 Å². The predicted molar refractivity (Wildman–Crippen MR) is 70.5 cm³/mol. The Morgan fingerprint density at radius 3 is 2.29 bits per heavy atom. The maximum absolute atomic E-state index is 8.75. The molecule has 0 saturated heterocycles. The van der Waals surface area contributed by atoms with Crippen LogP contribution in [0.1, 0.15) is 0 Å². The third kappa shape index (κ3) is 2.89. The second kappa shape index (κ2) is 5.07. The first-order valence-electron chi connectivity index (χ1n) is 4.92. The van der Waals surface area contributed by atoms with Gasteiger partial charge in [0.05, 0.1) is 11.4 Å². The van der Waals surface area contributed by atoms with Crippen molar-refractivity contribution < 1.29 is 9.94 Å². The monoisotopic (exact) mass is 294 g/mol. The Bertz CT molecular complexity index is 514. The molecule has 0 aromatic heterocycles. The van der Waals surface area contributed by atoms with Crippen molar-refractivity contribution in [3.05, 3.63) is 46.9 Å². The van der Waals surface area contributed by atoms with Gasteiger partial charge in [0.15, 0.2) is 0 Å². The van der Waals surface area contributed by atoms with Crippen molar-refractivity contribution in [2.75, 3.05) is 11.2 Å². The number of nitrogens with one attached hydrogen (secondary N) is 1. The van der Waals surface area contributed by atoms with Gasteiger partial charge < -0.3 is 10.5 Å². The zero-order valence-corrected chi connectivity index (χ0v) is 10.4. The molecule has 5 heteroatoms. The van der Waals surface area contributed by atoms with Gasteiger partial charge >= 0.3 is 0 Å². The molecule has 2 rings (SSSR count). The van der Waals surface area contributed by atoms with Gasteiger partial charge in [0.25, 0.3) is 0 Å². The number of hydrogen-bond donors (Lipinski definition) is 3. The summed E-state index contributed by atoms with van der Waals surface area (Å²) >= 11 is 3.35. The van der Waals surface area contributed by atoms with E-state index in [2.05, 4.69) is 15.9 Å². The minimum atomic E-state index is 0.419. The number of anilines is 2. The molecule has 4 nitrogen and oxygen atoms in total. The van der Waals surface area contributed by atoms with E-state index >= 15 is 0 Å². The first-order chi connectivity index (χ1) is 8.19. The van der Waals surface area contributed by atoms with Gasteiger partial charge in [-0.05, 0) is 36.4 Å². The van der Waals surface area contributed by atoms with Crippen molar-refractivity contribution in [3.63, 3.8) is 0 Å². The first kappa shape index (κ1) is 11.8. The Labute approximate surface area is 107 Å². The molecular weight excluding hydrogens is 284 g/mol. The van der Waals surface area contributed by atoms with Crippen LogP contribution in [0.4, 0.5) is 11.4 Å². The van der Waals surface area contributed by atoms with E-state index in [1.165, 1.54) is 0 Å². The highest BCUT2D eigenvalue weighted by Gasteiger charge is 2.02. The lowest BCUT2D eigenvalue weighted by atomic mass is 10.2. The maximum Gasteiger partial charge on any atom is 0.129 e. The average Bonchev–Trinajstić information content (AvgIpc) is 2.32. The highest BCUT2D eigenvalue weighted by molar-refractivity contribution is 9.10. The summed E-state index contributed by atoms with van der Waals surface area (Å²) < 4.78 is 6.59. The van der Waals surface area contributed by atoms with E-state index in [0.717, 1.165) is 10.2 Å². The summed E-state index contributed by atoms with van der Waals surface area (Å²) in [5, 5.41) is 8.75. The summed E-state index contributed by atoms with van der Waals surface area (Å²) in [5.41, 5.74) is 8.58. The number of halogens is 1. The average molecular weight is 295 g/mol. The van der Waals surface area contributed by atoms with Crippen LogP contribution < -0.4 is 16.0 Å². The summed E-state index contributed by atoms with van der Waals surface area (Å²) in [4.78, 5) is 0. The smallest absolute Gasteiger partial charge is 0.129 e. The molecule has 0 atom stereocenters. The maximum atomic E-state index is 8.75. The minimum Gasteiger partial charge on any atom is -0.457 e. The van der Waals surface area contributed by atoms with Crippen LogP contribution >= 0.6 is 15.9 Å². The molecule has 4 N–H and O–H groups in total. The van der Waals surface area contributed by atoms with Gasteiger partial charge in [-0.25, -0.2) is 0 Å². The van der Waals surface area contributed by atoms with Crippen LogP contribution in [0.3, 0.4) is 0 Å². The lowest BCUT2D eigenvalue weighted by Crippen LogP contribution is -1.96. The zero-order valence-electron chi connectivity index (χ0n) is 8.85. The van der Waals surface area contributed by atoms with E-state index < -0.39 is 0 Å². The molecule has 0 aliphatic rings. The fourth-order valence-electron chi connectivity index (χ4n) is 1.34. The molecule has 0 aliphatic carbocycles. The van der Waals surface area contributed by atoms with E-state index in [9.17, 15) is 0 Å².